The number of ether oxygens (including phenoxy) is 1. The maximum absolute atomic E-state index is 13.9. The molecular weight excluding hydrogens is 490 g/mol. The third kappa shape index (κ3) is 5.14. The van der Waals surface area contributed by atoms with Crippen LogP contribution in [0, 0.1) is 5.82 Å². The molecule has 1 aliphatic rings. The van der Waals surface area contributed by atoms with E-state index in [1.807, 2.05) is 18.2 Å². The zero-order valence-electron chi connectivity index (χ0n) is 16.9. The van der Waals surface area contributed by atoms with Crippen molar-refractivity contribution in [3.8, 4) is 5.75 Å². The van der Waals surface area contributed by atoms with Crippen LogP contribution in [0.5, 0.6) is 5.75 Å². The highest BCUT2D eigenvalue weighted by atomic mass is 35.5. The fourth-order valence-electron chi connectivity index (χ4n) is 3.24. The van der Waals surface area contributed by atoms with E-state index in [9.17, 15) is 14.0 Å². The smallest absolute Gasteiger partial charge is 0.329 e. The first-order chi connectivity index (χ1) is 15.8. The first kappa shape index (κ1) is 23.1. The van der Waals surface area contributed by atoms with Crippen LogP contribution in [0.1, 0.15) is 16.7 Å². The van der Waals surface area contributed by atoms with Crippen molar-refractivity contribution in [2.45, 2.75) is 13.2 Å². The summed E-state index contributed by atoms with van der Waals surface area (Å²) in [6.45, 7) is -0.0237. The van der Waals surface area contributed by atoms with E-state index < -0.39 is 17.8 Å². The molecule has 3 amide bonds. The molecule has 0 spiro atoms. The van der Waals surface area contributed by atoms with E-state index >= 15 is 0 Å². The van der Waals surface area contributed by atoms with Gasteiger partial charge in [-0.25, -0.2) is 9.18 Å². The van der Waals surface area contributed by atoms with Crippen LogP contribution in [0.3, 0.4) is 0 Å². The van der Waals surface area contributed by atoms with Gasteiger partial charge in [-0.15, -0.1) is 0 Å². The normalized spacial score (nSPS) is 14.7. The SMILES string of the molecule is O=C1N/C(=C/c2cc(Cl)c(OCc3ccccc3Cl)c(Cl)c2)C(=O)N1Cc1ccccc1F. The molecule has 0 saturated carbocycles. The quantitative estimate of drug-likeness (QED) is 0.309. The summed E-state index contributed by atoms with van der Waals surface area (Å²) in [6.07, 6.45) is 1.44. The molecule has 0 atom stereocenters. The van der Waals surface area contributed by atoms with Gasteiger partial charge in [0.2, 0.25) is 0 Å². The third-order valence-corrected chi connectivity index (χ3v) is 5.84. The van der Waals surface area contributed by atoms with Gasteiger partial charge in [0.25, 0.3) is 5.91 Å². The number of urea groups is 1. The van der Waals surface area contributed by atoms with Crippen molar-refractivity contribution in [3.05, 3.63) is 104 Å². The Kier molecular flexibility index (Phi) is 6.88. The molecule has 1 saturated heterocycles. The average molecular weight is 506 g/mol. The van der Waals surface area contributed by atoms with Gasteiger partial charge in [-0.05, 0) is 35.9 Å². The summed E-state index contributed by atoms with van der Waals surface area (Å²) in [4.78, 5) is 25.9. The van der Waals surface area contributed by atoms with Gasteiger partial charge in [-0.1, -0.05) is 71.2 Å². The molecule has 0 aromatic heterocycles. The molecule has 1 aliphatic heterocycles. The van der Waals surface area contributed by atoms with Crippen LogP contribution in [0.4, 0.5) is 9.18 Å². The largest absolute Gasteiger partial charge is 0.486 e. The Morgan fingerprint density at radius 1 is 0.909 bits per heavy atom. The predicted molar refractivity (Wildman–Crippen MR) is 126 cm³/mol. The Morgan fingerprint density at radius 2 is 1.55 bits per heavy atom. The van der Waals surface area contributed by atoms with Crippen LogP contribution >= 0.6 is 34.8 Å². The zero-order valence-corrected chi connectivity index (χ0v) is 19.2. The number of hydrogen-bond donors (Lipinski definition) is 1. The van der Waals surface area contributed by atoms with Gasteiger partial charge in [0.15, 0.2) is 5.75 Å². The van der Waals surface area contributed by atoms with Crippen molar-refractivity contribution in [3.63, 3.8) is 0 Å². The van der Waals surface area contributed by atoms with E-state index in [0.717, 1.165) is 10.5 Å². The molecule has 1 heterocycles. The lowest BCUT2D eigenvalue weighted by atomic mass is 10.1. The standard InChI is InChI=1S/C24H16Cl3FN2O3/c25-17-7-3-1-6-16(17)13-33-22-18(26)9-14(10-19(22)27)11-21-23(31)30(24(32)29-21)12-15-5-2-4-8-20(15)28/h1-11H,12-13H2,(H,29,32)/b21-11+. The average Bonchev–Trinajstić information content (AvgIpc) is 3.03. The van der Waals surface area contributed by atoms with Gasteiger partial charge in [0.1, 0.15) is 18.1 Å². The minimum absolute atomic E-state index is 0.0215. The number of carbonyl (C=O) groups excluding carboxylic acids is 2. The zero-order chi connectivity index (χ0) is 23.5. The highest BCUT2D eigenvalue weighted by Gasteiger charge is 2.34. The lowest BCUT2D eigenvalue weighted by molar-refractivity contribution is -0.123. The molecule has 4 rings (SSSR count). The molecule has 9 heteroatoms. The highest BCUT2D eigenvalue weighted by Crippen LogP contribution is 2.36. The Balaban J connectivity index is 1.52. The predicted octanol–water partition coefficient (Wildman–Crippen LogP) is 6.46. The topological polar surface area (TPSA) is 58.6 Å². The monoisotopic (exact) mass is 504 g/mol. The van der Waals surface area contributed by atoms with Crippen molar-refractivity contribution in [2.24, 2.45) is 0 Å². The Labute approximate surface area is 204 Å². The van der Waals surface area contributed by atoms with Crippen LogP contribution in [-0.2, 0) is 17.9 Å². The molecule has 3 aromatic carbocycles. The molecule has 0 unspecified atom stereocenters. The molecule has 0 aliphatic carbocycles. The van der Waals surface area contributed by atoms with Gasteiger partial charge in [0, 0.05) is 16.1 Å². The van der Waals surface area contributed by atoms with E-state index in [2.05, 4.69) is 5.32 Å². The Hall–Kier alpha value is -3.06. The van der Waals surface area contributed by atoms with Gasteiger partial charge >= 0.3 is 6.03 Å². The number of benzene rings is 3. The summed E-state index contributed by atoms with van der Waals surface area (Å²) in [5, 5.41) is 3.50. The van der Waals surface area contributed by atoms with Gasteiger partial charge < -0.3 is 10.1 Å². The number of nitrogens with zero attached hydrogens (tertiary/aromatic N) is 1. The molecule has 1 fully saturated rings. The van der Waals surface area contributed by atoms with E-state index in [0.29, 0.717) is 10.6 Å². The van der Waals surface area contributed by atoms with Gasteiger partial charge in [-0.2, -0.15) is 0 Å². The van der Waals surface area contributed by atoms with Crippen molar-refractivity contribution in [1.29, 1.82) is 0 Å². The van der Waals surface area contributed by atoms with Gasteiger partial charge in [0.05, 0.1) is 16.6 Å². The molecule has 0 bridgehead atoms. The summed E-state index contributed by atoms with van der Waals surface area (Å²) in [5.74, 6) is -0.820. The van der Waals surface area contributed by atoms with Crippen LogP contribution in [0.25, 0.3) is 6.08 Å². The minimum Gasteiger partial charge on any atom is -0.486 e. The maximum atomic E-state index is 13.9. The molecular formula is C24H16Cl3FN2O3. The van der Waals surface area contributed by atoms with E-state index in [-0.39, 0.29) is 40.2 Å². The van der Waals surface area contributed by atoms with E-state index in [1.54, 1.807) is 24.3 Å². The van der Waals surface area contributed by atoms with Crippen LogP contribution in [0.15, 0.2) is 66.4 Å². The number of hydrogen-bond acceptors (Lipinski definition) is 3. The summed E-state index contributed by atoms with van der Waals surface area (Å²) < 4.78 is 19.7. The maximum Gasteiger partial charge on any atom is 0.329 e. The van der Waals surface area contributed by atoms with E-state index in [4.69, 9.17) is 39.5 Å². The number of nitrogens with one attached hydrogen (secondary N) is 1. The molecule has 5 nitrogen and oxygen atoms in total. The number of amides is 3. The van der Waals surface area contributed by atoms with Crippen molar-refractivity contribution in [1.82, 2.24) is 10.2 Å². The number of carbonyl (C=O) groups is 2. The first-order valence-corrected chi connectivity index (χ1v) is 10.9. The summed E-state index contributed by atoms with van der Waals surface area (Å²) >= 11 is 18.8. The number of rotatable bonds is 6. The summed E-state index contributed by atoms with van der Waals surface area (Å²) in [5.41, 5.74) is 1.50. The fourth-order valence-corrected chi connectivity index (χ4v) is 4.05. The summed E-state index contributed by atoms with van der Waals surface area (Å²) in [7, 11) is 0. The first-order valence-electron chi connectivity index (χ1n) is 9.76. The van der Waals surface area contributed by atoms with Gasteiger partial charge in [-0.3, -0.25) is 9.69 Å². The second-order valence-corrected chi connectivity index (χ2v) is 8.39. The molecule has 168 valence electrons. The van der Waals surface area contributed by atoms with Crippen molar-refractivity contribution in [2.75, 3.05) is 0 Å². The molecule has 3 aromatic rings. The fraction of sp³-hybridized carbons (Fsp3) is 0.0833. The highest BCUT2D eigenvalue weighted by molar-refractivity contribution is 6.37. The number of imide groups is 1. The number of halogens is 4. The second-order valence-electron chi connectivity index (χ2n) is 7.16. The summed E-state index contributed by atoms with van der Waals surface area (Å²) in [6, 6.07) is 15.6. The second kappa shape index (κ2) is 9.83. The third-order valence-electron chi connectivity index (χ3n) is 4.91. The lowest BCUT2D eigenvalue weighted by Gasteiger charge is -2.12. The van der Waals surface area contributed by atoms with E-state index in [1.165, 1.54) is 24.3 Å². The van der Waals surface area contributed by atoms with Crippen LogP contribution < -0.4 is 10.1 Å². The lowest BCUT2D eigenvalue weighted by Crippen LogP contribution is -2.30. The Morgan fingerprint density at radius 3 is 2.21 bits per heavy atom. The minimum atomic E-state index is -0.647. The Bertz CT molecular complexity index is 1260. The molecule has 0 radical (unpaired) electrons. The van der Waals surface area contributed by atoms with Crippen molar-refractivity contribution < 1.29 is 18.7 Å². The molecule has 33 heavy (non-hydrogen) atoms. The molecule has 1 N–H and O–H groups in total. The van der Waals surface area contributed by atoms with Crippen molar-refractivity contribution >= 4 is 52.8 Å². The van der Waals surface area contributed by atoms with Crippen LogP contribution in [-0.4, -0.2) is 16.8 Å². The van der Waals surface area contributed by atoms with Crippen LogP contribution in [0.2, 0.25) is 15.1 Å².